The summed E-state index contributed by atoms with van der Waals surface area (Å²) in [6.07, 6.45) is 1.91. The molecule has 1 aliphatic heterocycles. The number of azo groups is 1. The van der Waals surface area contributed by atoms with Crippen LogP contribution in [0.2, 0.25) is 0 Å². The molecule has 8 heteroatoms. The first-order valence-electron chi connectivity index (χ1n) is 11.4. The van der Waals surface area contributed by atoms with E-state index in [-0.39, 0.29) is 0 Å². The van der Waals surface area contributed by atoms with Crippen LogP contribution < -0.4 is 4.90 Å². The van der Waals surface area contributed by atoms with Crippen molar-refractivity contribution < 1.29 is 4.74 Å². The molecule has 0 saturated carbocycles. The van der Waals surface area contributed by atoms with Gasteiger partial charge >= 0.3 is 0 Å². The highest BCUT2D eigenvalue weighted by molar-refractivity contribution is 7.30. The van der Waals surface area contributed by atoms with Gasteiger partial charge in [0.1, 0.15) is 10.8 Å². The molecule has 0 spiro atoms. The monoisotopic (exact) mass is 497 g/mol. The maximum absolute atomic E-state index is 9.54. The lowest BCUT2D eigenvalue weighted by atomic mass is 10.2. The minimum atomic E-state index is -0.636. The van der Waals surface area contributed by atoms with Crippen LogP contribution >= 0.6 is 22.7 Å². The number of aliphatic imine (C=N–C) groups is 1. The van der Waals surface area contributed by atoms with Gasteiger partial charge in [-0.2, -0.15) is 5.26 Å². The van der Waals surface area contributed by atoms with Gasteiger partial charge < -0.3 is 9.64 Å². The van der Waals surface area contributed by atoms with Crippen molar-refractivity contribution in [3.8, 4) is 6.07 Å². The van der Waals surface area contributed by atoms with Crippen LogP contribution in [0.3, 0.4) is 0 Å². The number of fused-ring (bicyclic) bond motifs is 1. The third-order valence-corrected chi connectivity index (χ3v) is 7.74. The van der Waals surface area contributed by atoms with Gasteiger partial charge in [-0.05, 0) is 68.5 Å². The van der Waals surface area contributed by atoms with E-state index in [1.807, 2.05) is 54.6 Å². The summed E-state index contributed by atoms with van der Waals surface area (Å²) < 4.78 is 8.19. The molecule has 2 aromatic heterocycles. The minimum Gasteiger partial charge on any atom is -0.440 e. The van der Waals surface area contributed by atoms with Gasteiger partial charge in [0.2, 0.25) is 5.90 Å². The molecule has 1 unspecified atom stereocenters. The molecule has 0 N–H and O–H groups in total. The van der Waals surface area contributed by atoms with Crippen LogP contribution in [0.5, 0.6) is 0 Å². The first-order valence-corrected chi connectivity index (χ1v) is 13.0. The van der Waals surface area contributed by atoms with Gasteiger partial charge in [-0.25, -0.2) is 4.99 Å². The molecule has 4 aromatic rings. The Kier molecular flexibility index (Phi) is 6.70. The van der Waals surface area contributed by atoms with Gasteiger partial charge in [0.05, 0.1) is 11.8 Å². The molecule has 2 aromatic carbocycles. The average molecular weight is 498 g/mol. The van der Waals surface area contributed by atoms with Crippen LogP contribution in [0.4, 0.5) is 16.4 Å². The van der Waals surface area contributed by atoms with Crippen LogP contribution in [-0.2, 0) is 4.74 Å². The minimum absolute atomic E-state index is 0.481. The molecule has 0 fully saturated rings. The van der Waals surface area contributed by atoms with E-state index in [2.05, 4.69) is 58.2 Å². The fourth-order valence-electron chi connectivity index (χ4n) is 3.82. The van der Waals surface area contributed by atoms with Crippen molar-refractivity contribution in [1.29, 1.82) is 5.26 Å². The Morgan fingerprint density at radius 3 is 2.43 bits per heavy atom. The number of hydrogen-bond acceptors (Lipinski definition) is 8. The quantitative estimate of drug-likeness (QED) is 0.243. The zero-order valence-electron chi connectivity index (χ0n) is 19.4. The lowest BCUT2D eigenvalue weighted by Crippen LogP contribution is -2.21. The maximum atomic E-state index is 9.54. The smallest absolute Gasteiger partial charge is 0.223 e. The van der Waals surface area contributed by atoms with Crippen molar-refractivity contribution in [2.24, 2.45) is 15.2 Å². The Bertz CT molecular complexity index is 1420. The summed E-state index contributed by atoms with van der Waals surface area (Å²) in [5, 5.41) is 19.2. The number of hydrogen-bond donors (Lipinski definition) is 0. The van der Waals surface area contributed by atoms with Gasteiger partial charge in [0.15, 0.2) is 6.04 Å². The highest BCUT2D eigenvalue weighted by atomic mass is 32.1. The first kappa shape index (κ1) is 23.0. The molecule has 1 aliphatic rings. The molecule has 35 heavy (non-hydrogen) atoms. The van der Waals surface area contributed by atoms with E-state index in [0.717, 1.165) is 43.6 Å². The van der Waals surface area contributed by atoms with Gasteiger partial charge in [-0.3, -0.25) is 0 Å². The molecule has 6 nitrogen and oxygen atoms in total. The van der Waals surface area contributed by atoms with E-state index in [4.69, 9.17) is 4.74 Å². The zero-order valence-corrected chi connectivity index (χ0v) is 21.0. The van der Waals surface area contributed by atoms with Crippen LogP contribution in [0.1, 0.15) is 24.3 Å². The lowest BCUT2D eigenvalue weighted by molar-refractivity contribution is 0.434. The predicted molar refractivity (Wildman–Crippen MR) is 145 cm³/mol. The summed E-state index contributed by atoms with van der Waals surface area (Å²) in [5.41, 5.74) is 2.89. The second kappa shape index (κ2) is 10.2. The Hall–Kier alpha value is -3.80. The molecule has 0 amide bonds. The molecule has 0 aliphatic carbocycles. The average Bonchev–Trinajstić information content (AvgIpc) is 3.58. The highest BCUT2D eigenvalue weighted by Gasteiger charge is 2.26. The van der Waals surface area contributed by atoms with E-state index in [9.17, 15) is 5.26 Å². The number of nitrogens with zero attached hydrogens (tertiary/aromatic N) is 5. The Balaban J connectivity index is 1.30. The summed E-state index contributed by atoms with van der Waals surface area (Å²) in [6.45, 7) is 6.26. The number of benzene rings is 2. The fourth-order valence-corrected chi connectivity index (χ4v) is 5.98. The van der Waals surface area contributed by atoms with Gasteiger partial charge in [0.25, 0.3) is 0 Å². The summed E-state index contributed by atoms with van der Waals surface area (Å²) in [4.78, 5) is 7.74. The van der Waals surface area contributed by atoms with Crippen molar-refractivity contribution in [1.82, 2.24) is 0 Å². The fraction of sp³-hybridized carbons (Fsp3) is 0.185. The molecule has 1 atom stereocenters. The number of nitriles is 1. The van der Waals surface area contributed by atoms with E-state index < -0.39 is 6.04 Å². The van der Waals surface area contributed by atoms with Crippen LogP contribution in [0.15, 0.2) is 87.7 Å². The molecular formula is C27H23N5OS2. The Morgan fingerprint density at radius 1 is 1.00 bits per heavy atom. The maximum Gasteiger partial charge on any atom is 0.223 e. The molecule has 0 radical (unpaired) electrons. The van der Waals surface area contributed by atoms with Crippen LogP contribution in [0.25, 0.3) is 15.5 Å². The molecule has 174 valence electrons. The summed E-state index contributed by atoms with van der Waals surface area (Å²) >= 11 is 3.23. The summed E-state index contributed by atoms with van der Waals surface area (Å²) in [5.74, 6) is 1.03. The highest BCUT2D eigenvalue weighted by Crippen LogP contribution is 2.39. The lowest BCUT2D eigenvalue weighted by Gasteiger charge is -2.20. The third kappa shape index (κ3) is 5.02. The first-order chi connectivity index (χ1) is 17.2. The van der Waals surface area contributed by atoms with Crippen molar-refractivity contribution >= 4 is 60.4 Å². The van der Waals surface area contributed by atoms with Gasteiger partial charge in [-0.1, -0.05) is 18.2 Å². The van der Waals surface area contributed by atoms with Crippen LogP contribution in [-0.4, -0.2) is 25.0 Å². The molecule has 0 bridgehead atoms. The largest absolute Gasteiger partial charge is 0.440 e. The third-order valence-electron chi connectivity index (χ3n) is 5.61. The molecule has 0 saturated heterocycles. The van der Waals surface area contributed by atoms with Crippen molar-refractivity contribution in [3.63, 3.8) is 0 Å². The van der Waals surface area contributed by atoms with Crippen LogP contribution in [0, 0.1) is 11.3 Å². The summed E-state index contributed by atoms with van der Waals surface area (Å²) in [7, 11) is 0. The van der Waals surface area contributed by atoms with E-state index >= 15 is 0 Å². The predicted octanol–water partition coefficient (Wildman–Crippen LogP) is 7.93. The number of anilines is 1. The second-order valence-electron chi connectivity index (χ2n) is 7.83. The van der Waals surface area contributed by atoms with Gasteiger partial charge in [0, 0.05) is 38.6 Å². The number of ether oxygens (including phenoxy) is 1. The Morgan fingerprint density at radius 2 is 1.74 bits per heavy atom. The standard InChI is InChI=1S/C27H23N5OS2/c1-3-32(4-2)20-12-10-19(11-13-20)30-31-26-16-25-24(35-26)15-21(34-25)14-23-22(17-28)29-27(33-23)18-8-6-5-7-9-18/h5-16,22H,3-4H2,1-2H3/b23-14+,31-30+. The summed E-state index contributed by atoms with van der Waals surface area (Å²) in [6, 6.07) is 23.5. The normalized spacial score (nSPS) is 16.5. The van der Waals surface area contributed by atoms with E-state index in [1.165, 1.54) is 5.69 Å². The van der Waals surface area contributed by atoms with Crippen molar-refractivity contribution in [2.75, 3.05) is 18.0 Å². The number of thiophene rings is 2. The number of rotatable bonds is 7. The topological polar surface area (TPSA) is 73.3 Å². The SMILES string of the molecule is CCN(CC)c1ccc(/N=N/c2cc3sc(/C=C4/OC(c5ccccc5)=NC4C#N)cc3s2)cc1. The Labute approximate surface area is 212 Å². The van der Waals surface area contributed by atoms with E-state index in [0.29, 0.717) is 11.7 Å². The van der Waals surface area contributed by atoms with Crippen molar-refractivity contribution in [2.45, 2.75) is 19.9 Å². The van der Waals surface area contributed by atoms with E-state index in [1.54, 1.807) is 22.7 Å². The molecule has 5 rings (SSSR count). The van der Waals surface area contributed by atoms with Crippen molar-refractivity contribution in [3.05, 3.63) is 82.9 Å². The van der Waals surface area contributed by atoms with Gasteiger partial charge in [-0.15, -0.1) is 32.9 Å². The molecular weight excluding hydrogens is 474 g/mol. The zero-order chi connectivity index (χ0) is 24.2. The molecule has 3 heterocycles. The second-order valence-corrected chi connectivity index (χ2v) is 10.0.